The van der Waals surface area contributed by atoms with Crippen LogP contribution in [0.5, 0.6) is 0 Å². The van der Waals surface area contributed by atoms with Gasteiger partial charge in [-0.3, -0.25) is 4.79 Å². The standard InChI is InChI=1S/C18H15NO3S/c20-17(10-11-23-15-4-2-1-3-5-15)19-14-7-8-16-13(12-14)6-9-18(21)22-16/h1-9,12H,10-11H2,(H,19,20). The van der Waals surface area contributed by atoms with Crippen molar-refractivity contribution in [3.8, 4) is 0 Å². The van der Waals surface area contributed by atoms with E-state index in [2.05, 4.69) is 5.32 Å². The van der Waals surface area contributed by atoms with Crippen molar-refractivity contribution >= 4 is 34.3 Å². The molecule has 0 bridgehead atoms. The zero-order chi connectivity index (χ0) is 16.1. The molecule has 0 aliphatic carbocycles. The molecule has 0 saturated carbocycles. The Morgan fingerprint density at radius 2 is 1.87 bits per heavy atom. The van der Waals surface area contributed by atoms with Crippen LogP contribution in [0.15, 0.2) is 74.8 Å². The van der Waals surface area contributed by atoms with E-state index in [4.69, 9.17) is 4.42 Å². The molecule has 4 nitrogen and oxygen atoms in total. The van der Waals surface area contributed by atoms with E-state index in [-0.39, 0.29) is 11.5 Å². The molecule has 1 aromatic heterocycles. The third-order valence-corrected chi connectivity index (χ3v) is 4.26. The van der Waals surface area contributed by atoms with Crippen molar-refractivity contribution in [2.75, 3.05) is 11.1 Å². The van der Waals surface area contributed by atoms with E-state index in [9.17, 15) is 9.59 Å². The predicted octanol–water partition coefficient (Wildman–Crippen LogP) is 3.91. The number of benzene rings is 2. The largest absolute Gasteiger partial charge is 0.423 e. The van der Waals surface area contributed by atoms with Gasteiger partial charge in [-0.15, -0.1) is 11.8 Å². The molecule has 0 saturated heterocycles. The van der Waals surface area contributed by atoms with Crippen LogP contribution in [0, 0.1) is 0 Å². The van der Waals surface area contributed by atoms with E-state index in [1.54, 1.807) is 36.0 Å². The number of hydrogen-bond acceptors (Lipinski definition) is 4. The van der Waals surface area contributed by atoms with Crippen molar-refractivity contribution in [1.29, 1.82) is 0 Å². The SMILES string of the molecule is O=C(CCSc1ccccc1)Nc1ccc2oc(=O)ccc2c1. The number of thioether (sulfide) groups is 1. The van der Waals surface area contributed by atoms with E-state index in [0.717, 1.165) is 16.0 Å². The monoisotopic (exact) mass is 325 g/mol. The first-order valence-electron chi connectivity index (χ1n) is 7.22. The first-order valence-corrected chi connectivity index (χ1v) is 8.21. The molecule has 0 atom stereocenters. The quantitative estimate of drug-likeness (QED) is 0.571. The van der Waals surface area contributed by atoms with Gasteiger partial charge in [0.2, 0.25) is 5.91 Å². The lowest BCUT2D eigenvalue weighted by molar-refractivity contribution is -0.115. The van der Waals surface area contributed by atoms with Crippen molar-refractivity contribution in [2.24, 2.45) is 0 Å². The maximum Gasteiger partial charge on any atom is 0.336 e. The summed E-state index contributed by atoms with van der Waals surface area (Å²) in [6, 6.07) is 18.2. The predicted molar refractivity (Wildman–Crippen MR) is 92.9 cm³/mol. The van der Waals surface area contributed by atoms with Crippen LogP contribution in [0.25, 0.3) is 11.0 Å². The van der Waals surface area contributed by atoms with Crippen molar-refractivity contribution < 1.29 is 9.21 Å². The smallest absolute Gasteiger partial charge is 0.336 e. The van der Waals surface area contributed by atoms with Gasteiger partial charge < -0.3 is 9.73 Å². The second kappa shape index (κ2) is 7.15. The average Bonchev–Trinajstić information content (AvgIpc) is 2.56. The molecule has 1 heterocycles. The normalized spacial score (nSPS) is 10.6. The van der Waals surface area contributed by atoms with Crippen LogP contribution in [0.1, 0.15) is 6.42 Å². The molecule has 0 aliphatic rings. The fourth-order valence-corrected chi connectivity index (χ4v) is 3.02. The third-order valence-electron chi connectivity index (χ3n) is 3.24. The van der Waals surface area contributed by atoms with E-state index in [0.29, 0.717) is 17.7 Å². The van der Waals surface area contributed by atoms with Gasteiger partial charge in [-0.2, -0.15) is 0 Å². The average molecular weight is 325 g/mol. The van der Waals surface area contributed by atoms with Crippen LogP contribution in [0.3, 0.4) is 0 Å². The number of nitrogens with one attached hydrogen (secondary N) is 1. The molecule has 5 heteroatoms. The molecular formula is C18H15NO3S. The van der Waals surface area contributed by atoms with Gasteiger partial charge in [-0.05, 0) is 36.4 Å². The van der Waals surface area contributed by atoms with Crippen LogP contribution < -0.4 is 10.9 Å². The van der Waals surface area contributed by atoms with Crippen LogP contribution in [0.4, 0.5) is 5.69 Å². The molecule has 116 valence electrons. The van der Waals surface area contributed by atoms with Crippen LogP contribution in [-0.2, 0) is 4.79 Å². The number of anilines is 1. The first kappa shape index (κ1) is 15.4. The summed E-state index contributed by atoms with van der Waals surface area (Å²) < 4.78 is 5.06. The Morgan fingerprint density at radius 1 is 1.04 bits per heavy atom. The van der Waals surface area contributed by atoms with Gasteiger partial charge in [-0.1, -0.05) is 18.2 Å². The molecule has 1 amide bonds. The second-order valence-corrected chi connectivity index (χ2v) is 6.14. The highest BCUT2D eigenvalue weighted by molar-refractivity contribution is 7.99. The zero-order valence-corrected chi connectivity index (χ0v) is 13.1. The molecule has 3 rings (SSSR count). The lowest BCUT2D eigenvalue weighted by Crippen LogP contribution is -2.12. The Labute approximate surface area is 137 Å². The molecule has 0 fully saturated rings. The summed E-state index contributed by atoms with van der Waals surface area (Å²) in [6.45, 7) is 0. The molecule has 0 aliphatic heterocycles. The Balaban J connectivity index is 1.57. The van der Waals surface area contributed by atoms with Gasteiger partial charge in [0, 0.05) is 34.2 Å². The lowest BCUT2D eigenvalue weighted by Gasteiger charge is -2.06. The minimum Gasteiger partial charge on any atom is -0.423 e. The van der Waals surface area contributed by atoms with Gasteiger partial charge >= 0.3 is 5.63 Å². The Kier molecular flexibility index (Phi) is 4.78. The van der Waals surface area contributed by atoms with E-state index >= 15 is 0 Å². The molecule has 23 heavy (non-hydrogen) atoms. The van der Waals surface area contributed by atoms with E-state index < -0.39 is 0 Å². The summed E-state index contributed by atoms with van der Waals surface area (Å²) in [6.07, 6.45) is 0.432. The Morgan fingerprint density at radius 3 is 2.70 bits per heavy atom. The van der Waals surface area contributed by atoms with Gasteiger partial charge in [0.15, 0.2) is 0 Å². The summed E-state index contributed by atoms with van der Waals surface area (Å²) >= 11 is 1.65. The highest BCUT2D eigenvalue weighted by atomic mass is 32.2. The number of rotatable bonds is 5. The Bertz CT molecular complexity index is 874. The van der Waals surface area contributed by atoms with Gasteiger partial charge in [0.1, 0.15) is 5.58 Å². The maximum absolute atomic E-state index is 12.0. The van der Waals surface area contributed by atoms with E-state index in [1.807, 2.05) is 30.3 Å². The molecule has 3 aromatic rings. The molecule has 0 spiro atoms. The molecule has 2 aromatic carbocycles. The summed E-state index contributed by atoms with van der Waals surface area (Å²) in [4.78, 5) is 24.3. The van der Waals surface area contributed by atoms with Crippen molar-refractivity contribution in [2.45, 2.75) is 11.3 Å². The summed E-state index contributed by atoms with van der Waals surface area (Å²) in [5.41, 5.74) is 0.823. The van der Waals surface area contributed by atoms with Crippen LogP contribution in [-0.4, -0.2) is 11.7 Å². The minimum absolute atomic E-state index is 0.0369. The number of carbonyl (C=O) groups is 1. The highest BCUT2D eigenvalue weighted by Gasteiger charge is 2.05. The molecular weight excluding hydrogens is 310 g/mol. The zero-order valence-electron chi connectivity index (χ0n) is 12.3. The summed E-state index contributed by atoms with van der Waals surface area (Å²) in [5, 5.41) is 3.64. The first-order chi connectivity index (χ1) is 11.2. The Hall–Kier alpha value is -2.53. The fourth-order valence-electron chi connectivity index (χ4n) is 2.15. The van der Waals surface area contributed by atoms with Crippen molar-refractivity contribution in [3.63, 3.8) is 0 Å². The second-order valence-electron chi connectivity index (χ2n) is 4.97. The van der Waals surface area contributed by atoms with Crippen molar-refractivity contribution in [3.05, 3.63) is 71.1 Å². The number of fused-ring (bicyclic) bond motifs is 1. The highest BCUT2D eigenvalue weighted by Crippen LogP contribution is 2.20. The fraction of sp³-hybridized carbons (Fsp3) is 0.111. The van der Waals surface area contributed by atoms with Gasteiger partial charge in [0.25, 0.3) is 0 Å². The molecule has 0 radical (unpaired) electrons. The minimum atomic E-state index is -0.382. The van der Waals surface area contributed by atoms with Crippen LogP contribution >= 0.6 is 11.8 Å². The van der Waals surface area contributed by atoms with Crippen molar-refractivity contribution in [1.82, 2.24) is 0 Å². The molecule has 0 unspecified atom stereocenters. The number of carbonyl (C=O) groups excluding carboxylic acids is 1. The molecule has 1 N–H and O–H groups in total. The lowest BCUT2D eigenvalue weighted by atomic mass is 10.2. The number of amides is 1. The van der Waals surface area contributed by atoms with Crippen LogP contribution in [0.2, 0.25) is 0 Å². The summed E-state index contributed by atoms with van der Waals surface area (Å²) in [7, 11) is 0. The van der Waals surface area contributed by atoms with E-state index in [1.165, 1.54) is 6.07 Å². The topological polar surface area (TPSA) is 59.3 Å². The van der Waals surface area contributed by atoms with Gasteiger partial charge in [-0.25, -0.2) is 4.79 Å². The van der Waals surface area contributed by atoms with Gasteiger partial charge in [0.05, 0.1) is 0 Å². The third kappa shape index (κ3) is 4.23. The maximum atomic E-state index is 12.0. The number of hydrogen-bond donors (Lipinski definition) is 1. The summed E-state index contributed by atoms with van der Waals surface area (Å²) in [5.74, 6) is 0.684.